The van der Waals surface area contributed by atoms with Gasteiger partial charge in [0.25, 0.3) is 0 Å². The maximum Gasteiger partial charge on any atom is 0.142 e. The summed E-state index contributed by atoms with van der Waals surface area (Å²) >= 11 is 0. The van der Waals surface area contributed by atoms with E-state index in [0.29, 0.717) is 17.5 Å². The predicted octanol–water partition coefficient (Wildman–Crippen LogP) is 3.08. The largest absolute Gasteiger partial charge is 0.388 e. The molecule has 2 aromatic rings. The lowest BCUT2D eigenvalue weighted by atomic mass is 9.78. The first kappa shape index (κ1) is 18.5. The second kappa shape index (κ2) is 7.83. The molecule has 0 aliphatic carbocycles. The smallest absolute Gasteiger partial charge is 0.142 e. The maximum absolute atomic E-state index is 13.2. The van der Waals surface area contributed by atoms with Gasteiger partial charge in [-0.15, -0.1) is 0 Å². The first-order valence-electron chi connectivity index (χ1n) is 8.07. The van der Waals surface area contributed by atoms with Crippen molar-refractivity contribution in [3.05, 3.63) is 71.3 Å². The van der Waals surface area contributed by atoms with Crippen LogP contribution in [-0.2, 0) is 5.60 Å². The number of rotatable bonds is 7. The molecule has 2 aromatic carbocycles. The van der Waals surface area contributed by atoms with Crippen LogP contribution in [0.15, 0.2) is 48.5 Å². The van der Waals surface area contributed by atoms with Gasteiger partial charge in [-0.1, -0.05) is 44.0 Å². The molecule has 5 heteroatoms. The van der Waals surface area contributed by atoms with Crippen LogP contribution in [0, 0.1) is 11.6 Å². The molecule has 0 aliphatic heterocycles. The molecule has 0 aromatic heterocycles. The second-order valence-electron chi connectivity index (χ2n) is 6.03. The molecule has 4 N–H and O–H groups in total. The van der Waals surface area contributed by atoms with E-state index in [0.717, 1.165) is 12.8 Å². The van der Waals surface area contributed by atoms with Gasteiger partial charge in [0.1, 0.15) is 23.3 Å². The molecule has 24 heavy (non-hydrogen) atoms. The van der Waals surface area contributed by atoms with Crippen molar-refractivity contribution in [2.24, 2.45) is 5.73 Å². The Balaban J connectivity index is 2.47. The van der Waals surface area contributed by atoms with Crippen LogP contribution in [0.5, 0.6) is 0 Å². The van der Waals surface area contributed by atoms with Crippen molar-refractivity contribution in [1.82, 2.24) is 0 Å². The standard InChI is InChI=1S/C19H23F2NO2/c1-2-3-4-17(22)18(23)19(24,13-5-9-15(20)10-6-13)14-7-11-16(21)12-8-14/h5-12,17-18,23-24H,2-4,22H2,1H3. The summed E-state index contributed by atoms with van der Waals surface area (Å²) in [4.78, 5) is 0. The van der Waals surface area contributed by atoms with Gasteiger partial charge in [0.15, 0.2) is 0 Å². The zero-order valence-corrected chi connectivity index (χ0v) is 13.6. The lowest BCUT2D eigenvalue weighted by Crippen LogP contribution is -2.51. The van der Waals surface area contributed by atoms with Crippen molar-refractivity contribution in [3.8, 4) is 0 Å². The fourth-order valence-corrected chi connectivity index (χ4v) is 2.82. The number of benzene rings is 2. The fourth-order valence-electron chi connectivity index (χ4n) is 2.82. The van der Waals surface area contributed by atoms with E-state index in [1.165, 1.54) is 48.5 Å². The summed E-state index contributed by atoms with van der Waals surface area (Å²) in [7, 11) is 0. The van der Waals surface area contributed by atoms with Gasteiger partial charge < -0.3 is 15.9 Å². The summed E-state index contributed by atoms with van der Waals surface area (Å²) in [5.41, 5.74) is 4.81. The molecular weight excluding hydrogens is 312 g/mol. The maximum atomic E-state index is 13.2. The molecule has 130 valence electrons. The lowest BCUT2D eigenvalue weighted by molar-refractivity contribution is -0.0628. The minimum absolute atomic E-state index is 0.301. The third-order valence-corrected chi connectivity index (χ3v) is 4.29. The second-order valence-corrected chi connectivity index (χ2v) is 6.03. The summed E-state index contributed by atoms with van der Waals surface area (Å²) in [6.07, 6.45) is 0.926. The van der Waals surface area contributed by atoms with Crippen molar-refractivity contribution >= 4 is 0 Å². The van der Waals surface area contributed by atoms with Gasteiger partial charge >= 0.3 is 0 Å². The molecule has 2 atom stereocenters. The molecule has 0 heterocycles. The van der Waals surface area contributed by atoms with Crippen molar-refractivity contribution in [3.63, 3.8) is 0 Å². The van der Waals surface area contributed by atoms with E-state index >= 15 is 0 Å². The van der Waals surface area contributed by atoms with E-state index in [-0.39, 0.29) is 0 Å². The summed E-state index contributed by atoms with van der Waals surface area (Å²) in [6.45, 7) is 2.01. The van der Waals surface area contributed by atoms with Gasteiger partial charge in [-0.3, -0.25) is 0 Å². The molecule has 2 unspecified atom stereocenters. The molecule has 0 fully saturated rings. The van der Waals surface area contributed by atoms with Crippen LogP contribution >= 0.6 is 0 Å². The minimum atomic E-state index is -1.85. The van der Waals surface area contributed by atoms with Crippen molar-refractivity contribution in [2.75, 3.05) is 0 Å². The summed E-state index contributed by atoms with van der Waals surface area (Å²) in [6, 6.07) is 9.72. The molecule has 3 nitrogen and oxygen atoms in total. The number of hydrogen-bond acceptors (Lipinski definition) is 3. The molecule has 0 aliphatic rings. The molecule has 0 saturated heterocycles. The molecule has 2 rings (SSSR count). The Hall–Kier alpha value is -1.82. The average molecular weight is 335 g/mol. The number of nitrogens with two attached hydrogens (primary N) is 1. The Morgan fingerprint density at radius 2 is 1.38 bits per heavy atom. The Bertz CT molecular complexity index is 598. The summed E-state index contributed by atoms with van der Waals surface area (Å²) in [5.74, 6) is -0.907. The number of aliphatic hydroxyl groups is 2. The zero-order valence-electron chi connectivity index (χ0n) is 13.6. The van der Waals surface area contributed by atoms with Gasteiger partial charge in [-0.05, 0) is 41.8 Å². The monoisotopic (exact) mass is 335 g/mol. The highest BCUT2D eigenvalue weighted by Crippen LogP contribution is 2.35. The van der Waals surface area contributed by atoms with E-state index in [2.05, 4.69) is 0 Å². The number of aliphatic hydroxyl groups excluding tert-OH is 1. The van der Waals surface area contributed by atoms with E-state index < -0.39 is 29.4 Å². The topological polar surface area (TPSA) is 66.5 Å². The van der Waals surface area contributed by atoms with E-state index in [1.807, 2.05) is 6.92 Å². The van der Waals surface area contributed by atoms with Crippen LogP contribution in [0.25, 0.3) is 0 Å². The normalized spacial score (nSPS) is 14.4. The quantitative estimate of drug-likeness (QED) is 0.728. The predicted molar refractivity (Wildman–Crippen MR) is 89.3 cm³/mol. The van der Waals surface area contributed by atoms with Gasteiger partial charge in [0, 0.05) is 6.04 Å². The Labute approximate surface area is 140 Å². The Kier molecular flexibility index (Phi) is 6.04. The Morgan fingerprint density at radius 1 is 0.958 bits per heavy atom. The summed E-state index contributed by atoms with van der Waals surface area (Å²) in [5, 5.41) is 22.0. The van der Waals surface area contributed by atoms with Crippen LogP contribution in [0.2, 0.25) is 0 Å². The highest BCUT2D eigenvalue weighted by Gasteiger charge is 2.42. The third kappa shape index (κ3) is 3.80. The third-order valence-electron chi connectivity index (χ3n) is 4.29. The SMILES string of the molecule is CCCCC(N)C(O)C(O)(c1ccc(F)cc1)c1ccc(F)cc1. The van der Waals surface area contributed by atoms with Gasteiger partial charge in [-0.25, -0.2) is 8.78 Å². The molecule has 0 spiro atoms. The van der Waals surface area contributed by atoms with E-state index in [1.54, 1.807) is 0 Å². The number of halogens is 2. The van der Waals surface area contributed by atoms with E-state index in [9.17, 15) is 19.0 Å². The fraction of sp³-hybridized carbons (Fsp3) is 0.368. The van der Waals surface area contributed by atoms with Crippen molar-refractivity contribution in [1.29, 1.82) is 0 Å². The highest BCUT2D eigenvalue weighted by molar-refractivity contribution is 5.38. The van der Waals surface area contributed by atoms with Crippen molar-refractivity contribution < 1.29 is 19.0 Å². The Morgan fingerprint density at radius 3 is 1.75 bits per heavy atom. The number of unbranched alkanes of at least 4 members (excludes halogenated alkanes) is 1. The van der Waals surface area contributed by atoms with Gasteiger partial charge in [0.05, 0.1) is 0 Å². The first-order valence-corrected chi connectivity index (χ1v) is 8.07. The van der Waals surface area contributed by atoms with Crippen LogP contribution in [0.1, 0.15) is 37.3 Å². The average Bonchev–Trinajstić information content (AvgIpc) is 2.59. The molecule has 0 amide bonds. The van der Waals surface area contributed by atoms with Crippen molar-refractivity contribution in [2.45, 2.75) is 43.9 Å². The lowest BCUT2D eigenvalue weighted by Gasteiger charge is -2.37. The van der Waals surface area contributed by atoms with Crippen LogP contribution < -0.4 is 5.73 Å². The zero-order chi connectivity index (χ0) is 17.7. The molecule has 0 saturated carbocycles. The first-order chi connectivity index (χ1) is 11.4. The molecule has 0 bridgehead atoms. The minimum Gasteiger partial charge on any atom is -0.388 e. The van der Waals surface area contributed by atoms with Crippen LogP contribution in [-0.4, -0.2) is 22.4 Å². The molecular formula is C19H23F2NO2. The summed E-state index contributed by atoms with van der Waals surface area (Å²) < 4.78 is 26.5. The van der Waals surface area contributed by atoms with E-state index in [4.69, 9.17) is 5.73 Å². The highest BCUT2D eigenvalue weighted by atomic mass is 19.1. The van der Waals surface area contributed by atoms with Gasteiger partial charge in [-0.2, -0.15) is 0 Å². The van der Waals surface area contributed by atoms with Gasteiger partial charge in [0.2, 0.25) is 0 Å². The number of hydrogen-bond donors (Lipinski definition) is 3. The van der Waals surface area contributed by atoms with Crippen LogP contribution in [0.3, 0.4) is 0 Å². The molecule has 0 radical (unpaired) electrons. The van der Waals surface area contributed by atoms with Crippen LogP contribution in [0.4, 0.5) is 8.78 Å².